The molecule has 0 aliphatic heterocycles. The van der Waals surface area contributed by atoms with Crippen LogP contribution in [0.2, 0.25) is 0 Å². The lowest BCUT2D eigenvalue weighted by atomic mass is 10.1. The second-order valence-electron chi connectivity index (χ2n) is 4.08. The molecule has 2 N–H and O–H groups in total. The van der Waals surface area contributed by atoms with Crippen LogP contribution in [-0.2, 0) is 11.2 Å². The number of aryl methyl sites for hydroxylation is 2. The lowest BCUT2D eigenvalue weighted by Gasteiger charge is -2.03. The van der Waals surface area contributed by atoms with Crippen LogP contribution in [0.3, 0.4) is 0 Å². The number of rotatable bonds is 6. The maximum atomic E-state index is 11.8. The number of likely N-dealkylation sites (N-methyl/N-ethyl adjacent to an activating group) is 1. The van der Waals surface area contributed by atoms with E-state index in [9.17, 15) is 9.59 Å². The quantitative estimate of drug-likeness (QED) is 0.827. The predicted octanol–water partition coefficient (Wildman–Crippen LogP) is 1.87. The molecule has 0 radical (unpaired) electrons. The van der Waals surface area contributed by atoms with Gasteiger partial charge >= 0.3 is 0 Å². The van der Waals surface area contributed by atoms with Gasteiger partial charge in [-0.15, -0.1) is 11.3 Å². The van der Waals surface area contributed by atoms with Crippen LogP contribution in [0.5, 0.6) is 0 Å². The standard InChI is InChI=1S/C13H20N2O2S/c1-4-6-10-7-11(18-9(10)3)13(17)15-8-12(16)14-5-2/h7H,4-6,8H2,1-3H3,(H,14,16)(H,15,17). The van der Waals surface area contributed by atoms with Crippen molar-refractivity contribution in [2.45, 2.75) is 33.6 Å². The van der Waals surface area contributed by atoms with E-state index in [1.807, 2.05) is 19.9 Å². The Bertz CT molecular complexity index is 427. The van der Waals surface area contributed by atoms with Crippen molar-refractivity contribution in [3.05, 3.63) is 21.4 Å². The van der Waals surface area contributed by atoms with Crippen LogP contribution in [0.1, 0.15) is 40.4 Å². The molecule has 0 unspecified atom stereocenters. The van der Waals surface area contributed by atoms with Crippen molar-refractivity contribution >= 4 is 23.2 Å². The van der Waals surface area contributed by atoms with Crippen molar-refractivity contribution in [1.29, 1.82) is 0 Å². The summed E-state index contributed by atoms with van der Waals surface area (Å²) in [7, 11) is 0. The van der Waals surface area contributed by atoms with E-state index >= 15 is 0 Å². The van der Waals surface area contributed by atoms with Gasteiger partial charge in [0.2, 0.25) is 5.91 Å². The van der Waals surface area contributed by atoms with Crippen molar-refractivity contribution < 1.29 is 9.59 Å². The van der Waals surface area contributed by atoms with Gasteiger partial charge in [0.05, 0.1) is 11.4 Å². The van der Waals surface area contributed by atoms with E-state index in [0.717, 1.165) is 12.8 Å². The molecular weight excluding hydrogens is 248 g/mol. The van der Waals surface area contributed by atoms with Gasteiger partial charge in [0, 0.05) is 11.4 Å². The molecule has 100 valence electrons. The van der Waals surface area contributed by atoms with Crippen LogP contribution in [0.4, 0.5) is 0 Å². The van der Waals surface area contributed by atoms with Gasteiger partial charge in [-0.3, -0.25) is 9.59 Å². The van der Waals surface area contributed by atoms with Gasteiger partial charge in [0.1, 0.15) is 0 Å². The monoisotopic (exact) mass is 268 g/mol. The SMILES string of the molecule is CCCc1cc(C(=O)NCC(=O)NCC)sc1C. The molecule has 18 heavy (non-hydrogen) atoms. The summed E-state index contributed by atoms with van der Waals surface area (Å²) in [5.74, 6) is -0.329. The summed E-state index contributed by atoms with van der Waals surface area (Å²) in [6.45, 7) is 6.60. The van der Waals surface area contributed by atoms with E-state index in [1.165, 1.54) is 21.8 Å². The van der Waals surface area contributed by atoms with Gasteiger partial charge in [-0.2, -0.15) is 0 Å². The van der Waals surface area contributed by atoms with Gasteiger partial charge in [-0.05, 0) is 31.9 Å². The van der Waals surface area contributed by atoms with Gasteiger partial charge in [0.25, 0.3) is 5.91 Å². The summed E-state index contributed by atoms with van der Waals surface area (Å²) < 4.78 is 0. The Morgan fingerprint density at radius 3 is 2.61 bits per heavy atom. The van der Waals surface area contributed by atoms with E-state index in [4.69, 9.17) is 0 Å². The predicted molar refractivity (Wildman–Crippen MR) is 74.1 cm³/mol. The highest BCUT2D eigenvalue weighted by molar-refractivity contribution is 7.14. The smallest absolute Gasteiger partial charge is 0.261 e. The van der Waals surface area contributed by atoms with E-state index < -0.39 is 0 Å². The van der Waals surface area contributed by atoms with Crippen molar-refractivity contribution in [2.24, 2.45) is 0 Å². The lowest BCUT2D eigenvalue weighted by Crippen LogP contribution is -2.36. The van der Waals surface area contributed by atoms with Crippen LogP contribution in [-0.4, -0.2) is 24.9 Å². The normalized spacial score (nSPS) is 10.2. The molecule has 5 heteroatoms. The van der Waals surface area contributed by atoms with Crippen LogP contribution < -0.4 is 10.6 Å². The van der Waals surface area contributed by atoms with E-state index in [-0.39, 0.29) is 18.4 Å². The molecule has 0 aliphatic carbocycles. The Labute approximate surface area is 112 Å². The van der Waals surface area contributed by atoms with E-state index in [2.05, 4.69) is 17.6 Å². The second kappa shape index (κ2) is 7.16. The molecule has 1 rings (SSSR count). The molecule has 2 amide bonds. The first-order valence-electron chi connectivity index (χ1n) is 6.22. The Morgan fingerprint density at radius 2 is 2.00 bits per heavy atom. The molecule has 0 saturated heterocycles. The zero-order chi connectivity index (χ0) is 13.5. The topological polar surface area (TPSA) is 58.2 Å². The van der Waals surface area contributed by atoms with Gasteiger partial charge in [0.15, 0.2) is 0 Å². The van der Waals surface area contributed by atoms with Gasteiger partial charge in [-0.1, -0.05) is 13.3 Å². The largest absolute Gasteiger partial charge is 0.355 e. The maximum absolute atomic E-state index is 11.8. The number of nitrogens with one attached hydrogen (secondary N) is 2. The van der Waals surface area contributed by atoms with Crippen molar-refractivity contribution in [3.8, 4) is 0 Å². The Morgan fingerprint density at radius 1 is 1.28 bits per heavy atom. The number of amides is 2. The molecule has 0 saturated carbocycles. The average Bonchev–Trinajstić information content (AvgIpc) is 2.69. The third-order valence-corrected chi connectivity index (χ3v) is 3.64. The molecule has 0 aliphatic rings. The fourth-order valence-electron chi connectivity index (χ4n) is 1.66. The lowest BCUT2D eigenvalue weighted by molar-refractivity contribution is -0.120. The first kappa shape index (κ1) is 14.7. The fourth-order valence-corrected chi connectivity index (χ4v) is 2.64. The number of carbonyl (C=O) groups is 2. The number of carbonyl (C=O) groups excluding carboxylic acids is 2. The molecular formula is C13H20N2O2S. The van der Waals surface area contributed by atoms with Gasteiger partial charge < -0.3 is 10.6 Å². The van der Waals surface area contributed by atoms with Crippen LogP contribution >= 0.6 is 11.3 Å². The van der Waals surface area contributed by atoms with Crippen molar-refractivity contribution in [1.82, 2.24) is 10.6 Å². The third-order valence-electron chi connectivity index (χ3n) is 2.55. The second-order valence-corrected chi connectivity index (χ2v) is 5.33. The molecule has 1 heterocycles. The molecule has 0 spiro atoms. The Balaban J connectivity index is 2.56. The summed E-state index contributed by atoms with van der Waals surface area (Å²) in [6, 6.07) is 1.93. The molecule has 0 aromatic carbocycles. The van der Waals surface area contributed by atoms with Gasteiger partial charge in [-0.25, -0.2) is 0 Å². The Hall–Kier alpha value is -1.36. The maximum Gasteiger partial charge on any atom is 0.261 e. The first-order valence-corrected chi connectivity index (χ1v) is 7.04. The zero-order valence-electron chi connectivity index (χ0n) is 11.1. The molecule has 1 aromatic rings. The molecule has 0 atom stereocenters. The summed E-state index contributed by atoms with van der Waals surface area (Å²) in [4.78, 5) is 24.9. The average molecular weight is 268 g/mol. The van der Waals surface area contributed by atoms with E-state index in [1.54, 1.807) is 0 Å². The zero-order valence-corrected chi connectivity index (χ0v) is 11.9. The number of hydrogen-bond donors (Lipinski definition) is 2. The Kier molecular flexibility index (Phi) is 5.85. The molecule has 1 aromatic heterocycles. The van der Waals surface area contributed by atoms with Crippen LogP contribution in [0.15, 0.2) is 6.07 Å². The molecule has 0 fully saturated rings. The van der Waals surface area contributed by atoms with Crippen LogP contribution in [0, 0.1) is 6.92 Å². The summed E-state index contributed by atoms with van der Waals surface area (Å²) in [5.41, 5.74) is 1.23. The van der Waals surface area contributed by atoms with E-state index in [0.29, 0.717) is 11.4 Å². The highest BCUT2D eigenvalue weighted by atomic mass is 32.1. The van der Waals surface area contributed by atoms with Crippen LogP contribution in [0.25, 0.3) is 0 Å². The van der Waals surface area contributed by atoms with Crippen molar-refractivity contribution in [2.75, 3.05) is 13.1 Å². The number of thiophene rings is 1. The highest BCUT2D eigenvalue weighted by Gasteiger charge is 2.12. The molecule has 0 bridgehead atoms. The first-order chi connectivity index (χ1) is 8.58. The summed E-state index contributed by atoms with van der Waals surface area (Å²) in [5, 5.41) is 5.26. The minimum atomic E-state index is -0.170. The fraction of sp³-hybridized carbons (Fsp3) is 0.538. The number of hydrogen-bond acceptors (Lipinski definition) is 3. The van der Waals surface area contributed by atoms with Crippen molar-refractivity contribution in [3.63, 3.8) is 0 Å². The minimum Gasteiger partial charge on any atom is -0.355 e. The molecule has 4 nitrogen and oxygen atoms in total. The highest BCUT2D eigenvalue weighted by Crippen LogP contribution is 2.22. The third kappa shape index (κ3) is 4.14. The summed E-state index contributed by atoms with van der Waals surface area (Å²) in [6.07, 6.45) is 2.06. The summed E-state index contributed by atoms with van der Waals surface area (Å²) >= 11 is 1.48. The minimum absolute atomic E-state index is 0.0345.